The van der Waals surface area contributed by atoms with Crippen molar-refractivity contribution in [3.8, 4) is 0 Å². The molecule has 2 aliphatic rings. The molecule has 5 heteroatoms. The van der Waals surface area contributed by atoms with E-state index >= 15 is 0 Å². The monoisotopic (exact) mass is 270 g/mol. The number of nitrogens with zero attached hydrogens (tertiary/aromatic N) is 2. The molecular formula is C15H11FN2O2. The van der Waals surface area contributed by atoms with Crippen LogP contribution >= 0.6 is 0 Å². The quantitative estimate of drug-likeness (QED) is 0.581. The van der Waals surface area contributed by atoms with Crippen LogP contribution in [0.25, 0.3) is 0 Å². The Kier molecular flexibility index (Phi) is 2.95. The van der Waals surface area contributed by atoms with E-state index in [0.717, 1.165) is 0 Å². The van der Waals surface area contributed by atoms with Crippen molar-refractivity contribution in [1.82, 2.24) is 4.90 Å². The number of hydrogen-bond acceptors (Lipinski definition) is 4. The second-order valence-corrected chi connectivity index (χ2v) is 4.33. The molecule has 2 heterocycles. The van der Waals surface area contributed by atoms with Crippen LogP contribution in [0.2, 0.25) is 0 Å². The highest BCUT2D eigenvalue weighted by Gasteiger charge is 2.29. The average molecular weight is 270 g/mol. The van der Waals surface area contributed by atoms with Gasteiger partial charge in [-0.3, -0.25) is 0 Å². The summed E-state index contributed by atoms with van der Waals surface area (Å²) in [6, 6.07) is 6.05. The van der Waals surface area contributed by atoms with Gasteiger partial charge in [0.2, 0.25) is 5.90 Å². The molecule has 3 rings (SSSR count). The number of allylic oxidation sites excluding steroid dienone is 3. The van der Waals surface area contributed by atoms with E-state index in [0.29, 0.717) is 5.70 Å². The maximum atomic E-state index is 13.7. The molecule has 0 bridgehead atoms. The fraction of sp³-hybridized carbons (Fsp3) is 0.0667. The van der Waals surface area contributed by atoms with Gasteiger partial charge in [0, 0.05) is 13.2 Å². The standard InChI is InChI=1S/C15H11FN2O2/c1-18-9-5-4-8-12(18)13-15(19)20-14(17-13)10-6-2-3-7-11(10)16/h2-9H,1H3. The van der Waals surface area contributed by atoms with Gasteiger partial charge in [0.15, 0.2) is 5.70 Å². The average Bonchev–Trinajstić information content (AvgIpc) is 2.81. The van der Waals surface area contributed by atoms with E-state index in [4.69, 9.17) is 4.74 Å². The summed E-state index contributed by atoms with van der Waals surface area (Å²) in [5.41, 5.74) is 0.963. The molecule has 4 nitrogen and oxygen atoms in total. The summed E-state index contributed by atoms with van der Waals surface area (Å²) in [5.74, 6) is -1.06. The Hall–Kier alpha value is -2.69. The van der Waals surface area contributed by atoms with E-state index in [1.165, 1.54) is 12.1 Å². The third-order valence-corrected chi connectivity index (χ3v) is 3.00. The van der Waals surface area contributed by atoms with Crippen LogP contribution in [0.15, 0.2) is 65.1 Å². The molecule has 0 unspecified atom stereocenters. The van der Waals surface area contributed by atoms with E-state index in [1.54, 1.807) is 42.4 Å². The third-order valence-electron chi connectivity index (χ3n) is 3.00. The number of ether oxygens (including phenoxy) is 1. The smallest absolute Gasteiger partial charge is 0.366 e. The van der Waals surface area contributed by atoms with Crippen LogP contribution < -0.4 is 0 Å². The summed E-state index contributed by atoms with van der Waals surface area (Å²) in [5, 5.41) is 0. The Labute approximate surface area is 115 Å². The minimum absolute atomic E-state index is 0.00745. The number of esters is 1. The number of rotatable bonds is 1. The molecule has 100 valence electrons. The fourth-order valence-corrected chi connectivity index (χ4v) is 1.99. The number of halogens is 1. The van der Waals surface area contributed by atoms with Gasteiger partial charge in [0.05, 0.1) is 11.3 Å². The topological polar surface area (TPSA) is 41.9 Å². The normalized spacial score (nSPS) is 21.2. The molecule has 0 aromatic heterocycles. The van der Waals surface area contributed by atoms with Gasteiger partial charge in [-0.05, 0) is 24.3 Å². The first kappa shape index (κ1) is 12.3. The summed E-state index contributed by atoms with van der Waals surface area (Å²) in [7, 11) is 1.80. The number of likely N-dealkylation sites (N-methyl/N-ethyl adjacent to an activating group) is 1. The van der Waals surface area contributed by atoms with Crippen molar-refractivity contribution in [3.05, 3.63) is 71.5 Å². The first-order valence-electron chi connectivity index (χ1n) is 6.04. The number of benzene rings is 1. The van der Waals surface area contributed by atoms with Crippen LogP contribution in [0.1, 0.15) is 5.56 Å². The van der Waals surface area contributed by atoms with Crippen molar-refractivity contribution in [3.63, 3.8) is 0 Å². The molecule has 0 spiro atoms. The largest absolute Gasteiger partial charge is 0.402 e. The number of cyclic esters (lactones) is 1. The summed E-state index contributed by atoms with van der Waals surface area (Å²) < 4.78 is 18.8. The summed E-state index contributed by atoms with van der Waals surface area (Å²) in [6.07, 6.45) is 7.19. The Morgan fingerprint density at radius 2 is 2.05 bits per heavy atom. The summed E-state index contributed by atoms with van der Waals surface area (Å²) >= 11 is 0. The van der Waals surface area contributed by atoms with Crippen LogP contribution in [-0.4, -0.2) is 23.8 Å². The molecule has 20 heavy (non-hydrogen) atoms. The van der Waals surface area contributed by atoms with E-state index < -0.39 is 11.8 Å². The molecule has 1 aromatic rings. The van der Waals surface area contributed by atoms with Crippen LogP contribution in [0.4, 0.5) is 4.39 Å². The van der Waals surface area contributed by atoms with Crippen molar-refractivity contribution >= 4 is 11.9 Å². The maximum absolute atomic E-state index is 13.7. The van der Waals surface area contributed by atoms with Crippen LogP contribution in [0.5, 0.6) is 0 Å². The SMILES string of the molecule is CN1C=CC=CC1=C1N=C(c2ccccc2F)OC1=O. The lowest BCUT2D eigenvalue weighted by atomic mass is 10.2. The number of hydrogen-bond donors (Lipinski definition) is 0. The molecule has 0 amide bonds. The summed E-state index contributed by atoms with van der Waals surface area (Å²) in [6.45, 7) is 0. The Morgan fingerprint density at radius 3 is 2.80 bits per heavy atom. The molecule has 0 saturated heterocycles. The first-order valence-corrected chi connectivity index (χ1v) is 6.04. The van der Waals surface area contributed by atoms with Gasteiger partial charge in [0.25, 0.3) is 0 Å². The van der Waals surface area contributed by atoms with Gasteiger partial charge >= 0.3 is 5.97 Å². The summed E-state index contributed by atoms with van der Waals surface area (Å²) in [4.78, 5) is 17.8. The van der Waals surface area contributed by atoms with Gasteiger partial charge in [-0.15, -0.1) is 0 Å². The predicted molar refractivity (Wildman–Crippen MR) is 72.1 cm³/mol. The van der Waals surface area contributed by atoms with E-state index in [-0.39, 0.29) is 17.2 Å². The minimum Gasteiger partial charge on any atom is -0.402 e. The van der Waals surface area contributed by atoms with E-state index in [1.807, 2.05) is 6.08 Å². The molecule has 2 aliphatic heterocycles. The zero-order chi connectivity index (χ0) is 14.1. The van der Waals surface area contributed by atoms with Crippen LogP contribution in [0.3, 0.4) is 0 Å². The minimum atomic E-state index is -0.579. The molecule has 0 radical (unpaired) electrons. The third kappa shape index (κ3) is 2.03. The Morgan fingerprint density at radius 1 is 1.25 bits per heavy atom. The molecular weight excluding hydrogens is 259 g/mol. The fourth-order valence-electron chi connectivity index (χ4n) is 1.99. The lowest BCUT2D eigenvalue weighted by Gasteiger charge is -2.17. The van der Waals surface area contributed by atoms with Gasteiger partial charge in [-0.25, -0.2) is 14.2 Å². The highest BCUT2D eigenvalue weighted by atomic mass is 19.1. The van der Waals surface area contributed by atoms with Crippen molar-refractivity contribution in [2.24, 2.45) is 4.99 Å². The Balaban J connectivity index is 2.06. The number of aliphatic imine (C=N–C) groups is 1. The van der Waals surface area contributed by atoms with Gasteiger partial charge in [-0.1, -0.05) is 18.2 Å². The predicted octanol–water partition coefficient (Wildman–Crippen LogP) is 2.36. The zero-order valence-electron chi connectivity index (χ0n) is 10.7. The van der Waals surface area contributed by atoms with Crippen molar-refractivity contribution in [2.45, 2.75) is 0 Å². The zero-order valence-corrected chi connectivity index (χ0v) is 10.7. The molecule has 0 aliphatic carbocycles. The van der Waals surface area contributed by atoms with Gasteiger partial charge in [-0.2, -0.15) is 0 Å². The van der Waals surface area contributed by atoms with Gasteiger partial charge in [0.1, 0.15) is 5.82 Å². The molecule has 1 aromatic carbocycles. The van der Waals surface area contributed by atoms with Crippen molar-refractivity contribution in [2.75, 3.05) is 7.05 Å². The Bertz CT molecular complexity index is 702. The van der Waals surface area contributed by atoms with Crippen molar-refractivity contribution < 1.29 is 13.9 Å². The number of carbonyl (C=O) groups excluding carboxylic acids is 1. The van der Waals surface area contributed by atoms with E-state index in [2.05, 4.69) is 4.99 Å². The van der Waals surface area contributed by atoms with Crippen LogP contribution in [0, 0.1) is 5.82 Å². The van der Waals surface area contributed by atoms with Gasteiger partial charge < -0.3 is 9.64 Å². The second-order valence-electron chi connectivity index (χ2n) is 4.33. The number of carbonyl (C=O) groups is 1. The maximum Gasteiger partial charge on any atom is 0.366 e. The molecule has 0 fully saturated rings. The second kappa shape index (κ2) is 4.77. The highest BCUT2D eigenvalue weighted by molar-refractivity contribution is 6.11. The molecule has 0 saturated carbocycles. The highest BCUT2D eigenvalue weighted by Crippen LogP contribution is 2.24. The molecule has 0 N–H and O–H groups in total. The lowest BCUT2D eigenvalue weighted by molar-refractivity contribution is -0.130. The van der Waals surface area contributed by atoms with Crippen molar-refractivity contribution in [1.29, 1.82) is 0 Å². The van der Waals surface area contributed by atoms with E-state index in [9.17, 15) is 9.18 Å². The molecule has 0 atom stereocenters. The van der Waals surface area contributed by atoms with Crippen LogP contribution in [-0.2, 0) is 9.53 Å². The first-order chi connectivity index (χ1) is 9.66. The lowest BCUT2D eigenvalue weighted by Crippen LogP contribution is -2.15.